The van der Waals surface area contributed by atoms with Crippen molar-refractivity contribution in [1.82, 2.24) is 0 Å². The van der Waals surface area contributed by atoms with Gasteiger partial charge >= 0.3 is 0 Å². The summed E-state index contributed by atoms with van der Waals surface area (Å²) in [6.45, 7) is 7.38. The maximum atomic E-state index is 8.68. The molecule has 0 heterocycles. The minimum atomic E-state index is 0.0386. The zero-order chi connectivity index (χ0) is 31.2. The standard InChI is InChI=1S/C35H60O9/c1-4-5-9-34-33-13-12-32(44-27-38-3)25-30(33)23-28(35(34)29-10-11-31(24-29)43-26-37-2)8-6-7-15-39-17-19-41-21-22-42-20-18-40-16-14-36/h12-13,25,28-29,31,34-36H,4-11,14-24,26-27H2,1-3H3/t28-,29-,31+,34-,35+/m1/s1. The van der Waals surface area contributed by atoms with Crippen LogP contribution in [0.1, 0.15) is 81.8 Å². The fourth-order valence-corrected chi connectivity index (χ4v) is 7.15. The van der Waals surface area contributed by atoms with Crippen molar-refractivity contribution < 1.29 is 43.0 Å². The lowest BCUT2D eigenvalue weighted by Crippen LogP contribution is -2.35. The van der Waals surface area contributed by atoms with Crippen LogP contribution in [0.25, 0.3) is 0 Å². The largest absolute Gasteiger partial charge is 0.468 e. The number of unbranched alkanes of at least 4 members (excludes halogenated alkanes) is 2. The van der Waals surface area contributed by atoms with Crippen molar-refractivity contribution >= 4 is 0 Å². The molecular formula is C35H60O9. The molecule has 0 spiro atoms. The normalized spacial score (nSPS) is 23.2. The van der Waals surface area contributed by atoms with Gasteiger partial charge < -0.3 is 43.0 Å². The molecule has 1 aromatic carbocycles. The number of ether oxygens (including phenoxy) is 8. The van der Waals surface area contributed by atoms with Crippen molar-refractivity contribution in [3.05, 3.63) is 29.3 Å². The number of aliphatic hydroxyl groups is 1. The third kappa shape index (κ3) is 13.2. The first-order valence-corrected chi connectivity index (χ1v) is 17.0. The number of hydrogen-bond donors (Lipinski definition) is 1. The topological polar surface area (TPSA) is 94.1 Å². The Labute approximate surface area is 266 Å². The van der Waals surface area contributed by atoms with E-state index in [9.17, 15) is 0 Å². The molecule has 0 radical (unpaired) electrons. The Morgan fingerprint density at radius 3 is 2.16 bits per heavy atom. The minimum absolute atomic E-state index is 0.0386. The Balaban J connectivity index is 1.50. The molecule has 9 heteroatoms. The molecule has 0 bridgehead atoms. The first-order chi connectivity index (χ1) is 21.7. The minimum Gasteiger partial charge on any atom is -0.468 e. The van der Waals surface area contributed by atoms with Crippen molar-refractivity contribution in [2.75, 3.05) is 87.3 Å². The molecule has 2 aliphatic rings. The van der Waals surface area contributed by atoms with Crippen molar-refractivity contribution in [2.24, 2.45) is 17.8 Å². The number of benzene rings is 1. The summed E-state index contributed by atoms with van der Waals surface area (Å²) in [6, 6.07) is 6.75. The van der Waals surface area contributed by atoms with E-state index >= 15 is 0 Å². The van der Waals surface area contributed by atoms with Gasteiger partial charge in [-0.25, -0.2) is 0 Å². The smallest absolute Gasteiger partial charge is 0.188 e. The van der Waals surface area contributed by atoms with Crippen LogP contribution in [-0.2, 0) is 39.6 Å². The molecule has 0 aliphatic heterocycles. The average Bonchev–Trinajstić information content (AvgIpc) is 3.51. The third-order valence-corrected chi connectivity index (χ3v) is 9.07. The fraction of sp³-hybridized carbons (Fsp3) is 0.829. The van der Waals surface area contributed by atoms with Gasteiger partial charge in [-0.2, -0.15) is 0 Å². The highest BCUT2D eigenvalue weighted by Crippen LogP contribution is 2.52. The molecule has 1 aromatic rings. The van der Waals surface area contributed by atoms with Crippen LogP contribution in [0.15, 0.2) is 18.2 Å². The molecule has 2 aliphatic carbocycles. The lowest BCUT2D eigenvalue weighted by Gasteiger charge is -2.44. The van der Waals surface area contributed by atoms with Crippen LogP contribution in [-0.4, -0.2) is 98.5 Å². The van der Waals surface area contributed by atoms with E-state index in [1.54, 1.807) is 14.2 Å². The van der Waals surface area contributed by atoms with Crippen molar-refractivity contribution in [2.45, 2.75) is 83.2 Å². The summed E-state index contributed by atoms with van der Waals surface area (Å²) in [4.78, 5) is 0. The summed E-state index contributed by atoms with van der Waals surface area (Å²) in [6.07, 6.45) is 12.1. The fourth-order valence-electron chi connectivity index (χ4n) is 7.15. The predicted octanol–water partition coefficient (Wildman–Crippen LogP) is 5.75. The van der Waals surface area contributed by atoms with Gasteiger partial charge in [-0.15, -0.1) is 0 Å². The molecule has 9 nitrogen and oxygen atoms in total. The van der Waals surface area contributed by atoms with Gasteiger partial charge in [0.2, 0.25) is 0 Å². The van der Waals surface area contributed by atoms with E-state index in [1.807, 2.05) is 0 Å². The highest BCUT2D eigenvalue weighted by Gasteiger charge is 2.43. The van der Waals surface area contributed by atoms with Gasteiger partial charge in [0.15, 0.2) is 6.79 Å². The number of hydrogen-bond acceptors (Lipinski definition) is 9. The second kappa shape index (κ2) is 23.1. The quantitative estimate of drug-likeness (QED) is 0.102. The summed E-state index contributed by atoms with van der Waals surface area (Å²) in [5.41, 5.74) is 3.00. The molecule has 0 unspecified atom stereocenters. The molecule has 0 saturated heterocycles. The van der Waals surface area contributed by atoms with Gasteiger partial charge in [-0.05, 0) is 91.9 Å². The van der Waals surface area contributed by atoms with Gasteiger partial charge in [0.25, 0.3) is 0 Å². The maximum absolute atomic E-state index is 8.68. The van der Waals surface area contributed by atoms with Gasteiger partial charge in [0.05, 0.1) is 59.0 Å². The zero-order valence-electron chi connectivity index (χ0n) is 27.7. The van der Waals surface area contributed by atoms with Gasteiger partial charge in [-0.1, -0.05) is 32.3 Å². The van der Waals surface area contributed by atoms with Crippen LogP contribution in [0, 0.1) is 17.8 Å². The van der Waals surface area contributed by atoms with Crippen LogP contribution in [0.5, 0.6) is 5.75 Å². The van der Waals surface area contributed by atoms with Crippen molar-refractivity contribution in [1.29, 1.82) is 0 Å². The number of aliphatic hydroxyl groups excluding tert-OH is 1. The van der Waals surface area contributed by atoms with Crippen molar-refractivity contribution in [3.63, 3.8) is 0 Å². The average molecular weight is 625 g/mol. The molecule has 254 valence electrons. The number of fused-ring (bicyclic) bond motifs is 1. The molecule has 1 N–H and O–H groups in total. The monoisotopic (exact) mass is 624 g/mol. The van der Waals surface area contributed by atoms with E-state index in [4.69, 9.17) is 43.0 Å². The molecule has 44 heavy (non-hydrogen) atoms. The Morgan fingerprint density at radius 1 is 0.773 bits per heavy atom. The van der Waals surface area contributed by atoms with E-state index in [-0.39, 0.29) is 13.4 Å². The Hall–Kier alpha value is -1.30. The van der Waals surface area contributed by atoms with Crippen LogP contribution >= 0.6 is 0 Å². The second-order valence-corrected chi connectivity index (χ2v) is 12.1. The van der Waals surface area contributed by atoms with E-state index < -0.39 is 0 Å². The maximum Gasteiger partial charge on any atom is 0.188 e. The Morgan fingerprint density at radius 2 is 1.48 bits per heavy atom. The molecule has 1 fully saturated rings. The van der Waals surface area contributed by atoms with E-state index in [2.05, 4.69) is 25.1 Å². The number of rotatable bonds is 26. The SMILES string of the molecule is CCCC[C@@H]1c2ccc(OCOC)cc2C[C@@H](CCCCOCCOCCOCCOCCO)[C@H]1[C@@H]1CC[C@H](OCOC)C1. The van der Waals surface area contributed by atoms with E-state index in [0.29, 0.717) is 82.8 Å². The Bertz CT molecular complexity index is 853. The Kier molecular flexibility index (Phi) is 19.5. The third-order valence-electron chi connectivity index (χ3n) is 9.07. The molecule has 0 amide bonds. The van der Waals surface area contributed by atoms with Crippen LogP contribution < -0.4 is 4.74 Å². The number of methoxy groups -OCH3 is 2. The zero-order valence-corrected chi connectivity index (χ0v) is 27.7. The summed E-state index contributed by atoms with van der Waals surface area (Å²) >= 11 is 0. The summed E-state index contributed by atoms with van der Waals surface area (Å²) in [5.74, 6) is 3.49. The molecule has 1 saturated carbocycles. The second-order valence-electron chi connectivity index (χ2n) is 12.1. The van der Waals surface area contributed by atoms with Gasteiger partial charge in [0.1, 0.15) is 12.5 Å². The molecule has 5 atom stereocenters. The first-order valence-electron chi connectivity index (χ1n) is 17.0. The van der Waals surface area contributed by atoms with Crippen LogP contribution in [0.2, 0.25) is 0 Å². The van der Waals surface area contributed by atoms with Crippen LogP contribution in [0.4, 0.5) is 0 Å². The lowest BCUT2D eigenvalue weighted by molar-refractivity contribution is -0.0711. The molecular weight excluding hydrogens is 564 g/mol. The van der Waals surface area contributed by atoms with Crippen LogP contribution in [0.3, 0.4) is 0 Å². The van der Waals surface area contributed by atoms with Gasteiger partial charge in [-0.3, -0.25) is 0 Å². The molecule has 3 rings (SSSR count). The lowest BCUT2D eigenvalue weighted by atomic mass is 9.61. The van der Waals surface area contributed by atoms with Gasteiger partial charge in [0, 0.05) is 20.8 Å². The highest BCUT2D eigenvalue weighted by molar-refractivity contribution is 5.40. The van der Waals surface area contributed by atoms with E-state index in [0.717, 1.165) is 38.0 Å². The predicted molar refractivity (Wildman–Crippen MR) is 170 cm³/mol. The first kappa shape index (κ1) is 37.2. The summed E-state index contributed by atoms with van der Waals surface area (Å²) < 4.78 is 44.4. The van der Waals surface area contributed by atoms with Crippen molar-refractivity contribution in [3.8, 4) is 5.75 Å². The molecule has 0 aromatic heterocycles. The highest BCUT2D eigenvalue weighted by atomic mass is 16.7. The van der Waals surface area contributed by atoms with E-state index in [1.165, 1.54) is 49.7 Å². The summed E-state index contributed by atoms with van der Waals surface area (Å²) in [5, 5.41) is 8.68. The summed E-state index contributed by atoms with van der Waals surface area (Å²) in [7, 11) is 3.37.